The number of aliphatic hydroxyl groups excluding tert-OH is 1. The molecular formula is C12H10F3N3O2. The van der Waals surface area contributed by atoms with E-state index in [0.29, 0.717) is 0 Å². The minimum atomic E-state index is -4.75. The van der Waals surface area contributed by atoms with E-state index in [1.54, 1.807) is 0 Å². The number of rotatable bonds is 4. The molecule has 0 unspecified atom stereocenters. The van der Waals surface area contributed by atoms with Crippen LogP contribution in [-0.2, 0) is 6.54 Å². The van der Waals surface area contributed by atoms with E-state index in [0.717, 1.165) is 4.57 Å². The molecule has 20 heavy (non-hydrogen) atoms. The summed E-state index contributed by atoms with van der Waals surface area (Å²) in [6.45, 7) is -0.787. The van der Waals surface area contributed by atoms with Gasteiger partial charge in [-0.3, -0.25) is 9.78 Å². The lowest BCUT2D eigenvalue weighted by molar-refractivity contribution is -0.207. The molecule has 2 rings (SSSR count). The number of halogens is 3. The summed E-state index contributed by atoms with van der Waals surface area (Å²) in [5, 5.41) is 9.04. The van der Waals surface area contributed by atoms with Gasteiger partial charge in [-0.15, -0.1) is 0 Å². The Bertz CT molecular complexity index is 595. The fourth-order valence-electron chi connectivity index (χ4n) is 1.58. The summed E-state index contributed by atoms with van der Waals surface area (Å²) in [5.74, 6) is -0.737. The molecule has 1 N–H and O–H groups in total. The fourth-order valence-corrected chi connectivity index (χ4v) is 1.58. The van der Waals surface area contributed by atoms with Gasteiger partial charge in [0.25, 0.3) is 0 Å². The molecule has 2 aromatic rings. The van der Waals surface area contributed by atoms with E-state index in [4.69, 9.17) is 5.11 Å². The van der Waals surface area contributed by atoms with Crippen molar-refractivity contribution in [3.63, 3.8) is 0 Å². The number of hydrogen-bond acceptors (Lipinski definition) is 4. The molecule has 8 heteroatoms. The van der Waals surface area contributed by atoms with Crippen molar-refractivity contribution in [2.75, 3.05) is 0 Å². The first kappa shape index (κ1) is 14.2. The van der Waals surface area contributed by atoms with Crippen molar-refractivity contribution in [2.24, 2.45) is 0 Å². The molecule has 0 spiro atoms. The number of pyridine rings is 1. The normalized spacial score (nSPS) is 13.2. The van der Waals surface area contributed by atoms with E-state index < -0.39 is 24.6 Å². The third-order valence-corrected chi connectivity index (χ3v) is 2.59. The number of carbonyl (C=O) groups excluding carboxylic acids is 1. The third kappa shape index (κ3) is 3.02. The molecule has 5 nitrogen and oxygen atoms in total. The maximum absolute atomic E-state index is 12.3. The molecule has 0 aromatic carbocycles. The van der Waals surface area contributed by atoms with Crippen LogP contribution in [0.2, 0.25) is 0 Å². The third-order valence-electron chi connectivity index (χ3n) is 2.59. The first-order valence-corrected chi connectivity index (χ1v) is 5.60. The molecule has 0 saturated carbocycles. The number of ketones is 1. The molecule has 1 atom stereocenters. The molecule has 0 radical (unpaired) electrons. The maximum Gasteiger partial charge on any atom is 0.416 e. The summed E-state index contributed by atoms with van der Waals surface area (Å²) < 4.78 is 37.9. The molecule has 0 aliphatic rings. The average molecular weight is 285 g/mol. The summed E-state index contributed by atoms with van der Waals surface area (Å²) in [4.78, 5) is 19.6. The Morgan fingerprint density at radius 3 is 2.75 bits per heavy atom. The van der Waals surface area contributed by atoms with Crippen molar-refractivity contribution < 1.29 is 23.1 Å². The molecular weight excluding hydrogens is 275 g/mol. The van der Waals surface area contributed by atoms with Crippen LogP contribution in [0.25, 0.3) is 0 Å². The van der Waals surface area contributed by atoms with Gasteiger partial charge in [-0.05, 0) is 12.1 Å². The van der Waals surface area contributed by atoms with Crippen LogP contribution in [-0.4, -0.2) is 37.7 Å². The quantitative estimate of drug-likeness (QED) is 0.863. The molecule has 2 heterocycles. The van der Waals surface area contributed by atoms with Gasteiger partial charge >= 0.3 is 6.18 Å². The summed E-state index contributed by atoms with van der Waals surface area (Å²) in [6, 6.07) is 3.01. The van der Waals surface area contributed by atoms with Crippen LogP contribution >= 0.6 is 0 Å². The summed E-state index contributed by atoms with van der Waals surface area (Å²) in [7, 11) is 0. The highest BCUT2D eigenvalue weighted by molar-refractivity contribution is 6.06. The van der Waals surface area contributed by atoms with Gasteiger partial charge in [0.2, 0.25) is 5.78 Å². The zero-order valence-electron chi connectivity index (χ0n) is 10.1. The minimum absolute atomic E-state index is 0.179. The highest BCUT2D eigenvalue weighted by Crippen LogP contribution is 2.21. The van der Waals surface area contributed by atoms with E-state index in [1.807, 2.05) is 0 Å². The molecule has 0 fully saturated rings. The Morgan fingerprint density at radius 2 is 2.15 bits per heavy atom. The standard InChI is InChI=1S/C12H10F3N3O2/c13-12(14,15)9(19)7-18-5-4-17-11(18)10(20)8-2-1-3-16-6-8/h1-6,9,19H,7H2/t9-/m1/s1. The lowest BCUT2D eigenvalue weighted by Gasteiger charge is -2.16. The van der Waals surface area contributed by atoms with Crippen molar-refractivity contribution in [1.82, 2.24) is 14.5 Å². The van der Waals surface area contributed by atoms with Gasteiger partial charge in [-0.25, -0.2) is 4.98 Å². The SMILES string of the molecule is O=C(c1cccnc1)c1nccn1C[C@@H](O)C(F)(F)F. The topological polar surface area (TPSA) is 68.0 Å². The van der Waals surface area contributed by atoms with Gasteiger partial charge in [-0.2, -0.15) is 13.2 Å². The molecule has 0 saturated heterocycles. The summed E-state index contributed by atoms with van der Waals surface area (Å²) in [5.41, 5.74) is 0.210. The summed E-state index contributed by atoms with van der Waals surface area (Å²) in [6.07, 6.45) is -2.14. The first-order chi connectivity index (χ1) is 9.39. The van der Waals surface area contributed by atoms with Crippen molar-refractivity contribution >= 4 is 5.78 Å². The van der Waals surface area contributed by atoms with E-state index >= 15 is 0 Å². The Kier molecular flexibility index (Phi) is 3.84. The van der Waals surface area contributed by atoms with Crippen molar-refractivity contribution in [3.8, 4) is 0 Å². The predicted octanol–water partition coefficient (Wildman–Crippen LogP) is 1.43. The van der Waals surface area contributed by atoms with Gasteiger partial charge < -0.3 is 9.67 Å². The average Bonchev–Trinajstić information content (AvgIpc) is 2.86. The number of imidazole rings is 1. The molecule has 106 valence electrons. The van der Waals surface area contributed by atoms with Gasteiger partial charge in [0.15, 0.2) is 11.9 Å². The Hall–Kier alpha value is -2.22. The number of carbonyl (C=O) groups is 1. The van der Waals surface area contributed by atoms with Gasteiger partial charge in [0.05, 0.1) is 6.54 Å². The van der Waals surface area contributed by atoms with Crippen LogP contribution in [0.1, 0.15) is 16.2 Å². The fraction of sp³-hybridized carbons (Fsp3) is 0.250. The van der Waals surface area contributed by atoms with Crippen molar-refractivity contribution in [3.05, 3.63) is 48.3 Å². The molecule has 0 aliphatic heterocycles. The first-order valence-electron chi connectivity index (χ1n) is 5.60. The Balaban J connectivity index is 2.23. The van der Waals surface area contributed by atoms with Crippen molar-refractivity contribution in [2.45, 2.75) is 18.8 Å². The van der Waals surface area contributed by atoms with E-state index in [9.17, 15) is 18.0 Å². The lowest BCUT2D eigenvalue weighted by Crippen LogP contribution is -2.33. The smallest absolute Gasteiger partial charge is 0.382 e. The largest absolute Gasteiger partial charge is 0.416 e. The molecule has 0 bridgehead atoms. The number of hydrogen-bond donors (Lipinski definition) is 1. The van der Waals surface area contributed by atoms with Crippen LogP contribution in [0.3, 0.4) is 0 Å². The van der Waals surface area contributed by atoms with E-state index in [2.05, 4.69) is 9.97 Å². The second kappa shape index (κ2) is 5.41. The number of nitrogens with zero attached hydrogens (tertiary/aromatic N) is 3. The minimum Gasteiger partial charge on any atom is -0.382 e. The zero-order chi connectivity index (χ0) is 14.8. The van der Waals surface area contributed by atoms with Crippen LogP contribution in [0.5, 0.6) is 0 Å². The van der Waals surface area contributed by atoms with Crippen LogP contribution in [0.15, 0.2) is 36.9 Å². The molecule has 0 aliphatic carbocycles. The summed E-state index contributed by atoms with van der Waals surface area (Å²) >= 11 is 0. The maximum atomic E-state index is 12.3. The highest BCUT2D eigenvalue weighted by atomic mass is 19.4. The Labute approximate surface area is 111 Å². The van der Waals surface area contributed by atoms with Gasteiger partial charge in [-0.1, -0.05) is 0 Å². The van der Waals surface area contributed by atoms with Crippen LogP contribution < -0.4 is 0 Å². The highest BCUT2D eigenvalue weighted by Gasteiger charge is 2.38. The lowest BCUT2D eigenvalue weighted by atomic mass is 10.2. The second-order valence-corrected chi connectivity index (χ2v) is 4.03. The molecule has 2 aromatic heterocycles. The molecule has 0 amide bonds. The number of aliphatic hydroxyl groups is 1. The van der Waals surface area contributed by atoms with E-state index in [-0.39, 0.29) is 11.4 Å². The van der Waals surface area contributed by atoms with Gasteiger partial charge in [0, 0.05) is 30.4 Å². The van der Waals surface area contributed by atoms with Crippen molar-refractivity contribution in [1.29, 1.82) is 0 Å². The second-order valence-electron chi connectivity index (χ2n) is 4.03. The number of alkyl halides is 3. The van der Waals surface area contributed by atoms with Crippen LogP contribution in [0, 0.1) is 0 Å². The monoisotopic (exact) mass is 285 g/mol. The van der Waals surface area contributed by atoms with Gasteiger partial charge in [0.1, 0.15) is 0 Å². The Morgan fingerprint density at radius 1 is 1.40 bits per heavy atom. The predicted molar refractivity (Wildman–Crippen MR) is 62.0 cm³/mol. The zero-order valence-corrected chi connectivity index (χ0v) is 10.1. The van der Waals surface area contributed by atoms with E-state index in [1.165, 1.54) is 36.9 Å². The number of aromatic nitrogens is 3. The van der Waals surface area contributed by atoms with Crippen LogP contribution in [0.4, 0.5) is 13.2 Å².